The Morgan fingerprint density at radius 2 is 1.61 bits per heavy atom. The molecule has 1 N–H and O–H groups in total. The van der Waals surface area contributed by atoms with Crippen LogP contribution in [0.25, 0.3) is 0 Å². The fourth-order valence-corrected chi connectivity index (χ4v) is 4.77. The molecule has 4 rings (SSSR count). The molecule has 3 heterocycles. The van der Waals surface area contributed by atoms with Gasteiger partial charge >= 0.3 is 6.09 Å². The lowest BCUT2D eigenvalue weighted by atomic mass is 10.1. The van der Waals surface area contributed by atoms with Gasteiger partial charge in [0, 0.05) is 58.3 Å². The van der Waals surface area contributed by atoms with Gasteiger partial charge in [0.2, 0.25) is 5.91 Å². The van der Waals surface area contributed by atoms with Crippen LogP contribution in [0.3, 0.4) is 0 Å². The van der Waals surface area contributed by atoms with Crippen LogP contribution < -0.4 is 15.1 Å². The molecule has 0 aromatic heterocycles. The quantitative estimate of drug-likeness (QED) is 0.665. The number of carbonyl (C=O) groups excluding carboxylic acids is 2. The van der Waals surface area contributed by atoms with Crippen molar-refractivity contribution in [1.82, 2.24) is 15.1 Å². The maximum atomic E-state index is 15.0. The number of anilines is 2. The molecule has 3 aliphatic heterocycles. The Bertz CT molecular complexity index is 833. The number of halogens is 2. The average molecular weight is 466 g/mol. The molecular formula is C23H33F2N5O3. The standard InChI is InChI=1S/C23H33F2N5O3/c1-17(31)26-15-19-16-30(23(32)33-19)18-13-20(24)22(21(25)14-18)29-11-9-28(10-12-29)8-7-27-5-3-2-4-6-27/h13-14,19H,2-12,15-16H2,1H3,(H,26,31)/t19-/m0/s1. The number of cyclic esters (lactones) is 1. The summed E-state index contributed by atoms with van der Waals surface area (Å²) >= 11 is 0. The van der Waals surface area contributed by atoms with Crippen molar-refractivity contribution in [2.45, 2.75) is 32.3 Å². The lowest BCUT2D eigenvalue weighted by Crippen LogP contribution is -2.49. The normalized spacial score (nSPS) is 22.5. The summed E-state index contributed by atoms with van der Waals surface area (Å²) in [7, 11) is 0. The Balaban J connectivity index is 1.33. The van der Waals surface area contributed by atoms with Gasteiger partial charge < -0.3 is 19.9 Å². The Morgan fingerprint density at radius 1 is 1.00 bits per heavy atom. The number of piperazine rings is 1. The number of nitrogens with zero attached hydrogens (tertiary/aromatic N) is 4. The van der Waals surface area contributed by atoms with E-state index in [1.165, 1.54) is 56.3 Å². The fraction of sp³-hybridized carbons (Fsp3) is 0.652. The highest BCUT2D eigenvalue weighted by Crippen LogP contribution is 2.31. The van der Waals surface area contributed by atoms with Crippen LogP contribution in [0.15, 0.2) is 12.1 Å². The molecular weight excluding hydrogens is 432 g/mol. The maximum Gasteiger partial charge on any atom is 0.414 e. The first kappa shape index (κ1) is 23.7. The van der Waals surface area contributed by atoms with Gasteiger partial charge in [0.25, 0.3) is 0 Å². The van der Waals surface area contributed by atoms with E-state index in [9.17, 15) is 18.4 Å². The SMILES string of the molecule is CC(=O)NC[C@H]1CN(c2cc(F)c(N3CCN(CCN4CCCCC4)CC3)c(F)c2)C(=O)O1. The van der Waals surface area contributed by atoms with Gasteiger partial charge in [-0.25, -0.2) is 13.6 Å². The van der Waals surface area contributed by atoms with Crippen molar-refractivity contribution in [3.05, 3.63) is 23.8 Å². The van der Waals surface area contributed by atoms with Crippen molar-refractivity contribution in [2.24, 2.45) is 0 Å². The smallest absolute Gasteiger partial charge is 0.414 e. The lowest BCUT2D eigenvalue weighted by molar-refractivity contribution is -0.119. The minimum absolute atomic E-state index is 0.0446. The first-order valence-electron chi connectivity index (χ1n) is 11.8. The molecule has 3 fully saturated rings. The van der Waals surface area contributed by atoms with Gasteiger partial charge in [-0.05, 0) is 25.9 Å². The average Bonchev–Trinajstić information content (AvgIpc) is 3.18. The molecule has 182 valence electrons. The molecule has 0 bridgehead atoms. The van der Waals surface area contributed by atoms with E-state index in [0.29, 0.717) is 13.1 Å². The van der Waals surface area contributed by atoms with Gasteiger partial charge in [-0.3, -0.25) is 14.6 Å². The number of hydrogen-bond acceptors (Lipinski definition) is 6. The van der Waals surface area contributed by atoms with Crippen molar-refractivity contribution >= 4 is 23.4 Å². The predicted octanol–water partition coefficient (Wildman–Crippen LogP) is 2.03. The van der Waals surface area contributed by atoms with Crippen molar-refractivity contribution in [1.29, 1.82) is 0 Å². The summed E-state index contributed by atoms with van der Waals surface area (Å²) in [6.07, 6.45) is 2.62. The number of hydrogen-bond donors (Lipinski definition) is 1. The van der Waals surface area contributed by atoms with E-state index in [1.54, 1.807) is 4.90 Å². The minimum atomic E-state index is -0.690. The second-order valence-corrected chi connectivity index (χ2v) is 9.04. The zero-order valence-electron chi connectivity index (χ0n) is 19.2. The maximum absolute atomic E-state index is 15.0. The van der Waals surface area contributed by atoms with E-state index in [0.717, 1.165) is 26.2 Å². The second kappa shape index (κ2) is 10.6. The van der Waals surface area contributed by atoms with E-state index < -0.39 is 23.8 Å². The zero-order valence-corrected chi connectivity index (χ0v) is 19.2. The summed E-state index contributed by atoms with van der Waals surface area (Å²) in [5.41, 5.74) is 0.0704. The number of amides is 2. The number of piperidine rings is 1. The molecule has 0 saturated carbocycles. The summed E-state index contributed by atoms with van der Waals surface area (Å²) in [5, 5.41) is 2.58. The highest BCUT2D eigenvalue weighted by Gasteiger charge is 2.34. The number of carbonyl (C=O) groups is 2. The van der Waals surface area contributed by atoms with Crippen LogP contribution in [0.4, 0.5) is 25.0 Å². The van der Waals surface area contributed by atoms with E-state index in [-0.39, 0.29) is 30.4 Å². The first-order valence-corrected chi connectivity index (χ1v) is 11.8. The predicted molar refractivity (Wildman–Crippen MR) is 122 cm³/mol. The van der Waals surface area contributed by atoms with Crippen molar-refractivity contribution < 1.29 is 23.1 Å². The number of nitrogens with one attached hydrogen (secondary N) is 1. The number of ether oxygens (including phenoxy) is 1. The largest absolute Gasteiger partial charge is 0.442 e. The van der Waals surface area contributed by atoms with Crippen LogP contribution in [0.2, 0.25) is 0 Å². The number of benzene rings is 1. The van der Waals surface area contributed by atoms with Crippen molar-refractivity contribution in [3.8, 4) is 0 Å². The van der Waals surface area contributed by atoms with E-state index in [4.69, 9.17) is 4.74 Å². The Hall–Kier alpha value is -2.46. The summed E-state index contributed by atoms with van der Waals surface area (Å²) in [5.74, 6) is -1.62. The minimum Gasteiger partial charge on any atom is -0.442 e. The molecule has 0 aliphatic carbocycles. The molecule has 33 heavy (non-hydrogen) atoms. The summed E-state index contributed by atoms with van der Waals surface area (Å²) in [4.78, 5) is 31.0. The van der Waals surface area contributed by atoms with Crippen LogP contribution in [0.5, 0.6) is 0 Å². The molecule has 0 radical (unpaired) electrons. The van der Waals surface area contributed by atoms with Gasteiger partial charge in [0.15, 0.2) is 11.6 Å². The van der Waals surface area contributed by atoms with E-state index >= 15 is 0 Å². The van der Waals surface area contributed by atoms with E-state index in [1.807, 2.05) is 0 Å². The first-order chi connectivity index (χ1) is 15.9. The molecule has 3 aliphatic rings. The number of rotatable bonds is 7. The highest BCUT2D eigenvalue weighted by molar-refractivity contribution is 5.90. The van der Waals surface area contributed by atoms with E-state index in [2.05, 4.69) is 15.1 Å². The molecule has 10 heteroatoms. The lowest BCUT2D eigenvalue weighted by Gasteiger charge is -2.37. The Morgan fingerprint density at radius 3 is 2.21 bits per heavy atom. The van der Waals surface area contributed by atoms with Gasteiger partial charge in [0.1, 0.15) is 11.8 Å². The van der Waals surface area contributed by atoms with Gasteiger partial charge in [-0.2, -0.15) is 0 Å². The molecule has 8 nitrogen and oxygen atoms in total. The molecule has 0 spiro atoms. The molecule has 1 aromatic carbocycles. The van der Waals surface area contributed by atoms with Crippen molar-refractivity contribution in [2.75, 3.05) is 75.2 Å². The van der Waals surface area contributed by atoms with Crippen molar-refractivity contribution in [3.63, 3.8) is 0 Å². The van der Waals surface area contributed by atoms with Gasteiger partial charge in [0.05, 0.1) is 18.8 Å². The van der Waals surface area contributed by atoms with Gasteiger partial charge in [-0.1, -0.05) is 6.42 Å². The topological polar surface area (TPSA) is 68.4 Å². The van der Waals surface area contributed by atoms with Crippen LogP contribution in [0.1, 0.15) is 26.2 Å². The Labute approximate surface area is 193 Å². The molecule has 1 aromatic rings. The van der Waals surface area contributed by atoms with Gasteiger partial charge in [-0.15, -0.1) is 0 Å². The monoisotopic (exact) mass is 465 g/mol. The molecule has 0 unspecified atom stereocenters. The summed E-state index contributed by atoms with van der Waals surface area (Å²) in [6.45, 7) is 8.64. The third-order valence-electron chi connectivity index (χ3n) is 6.64. The summed E-state index contributed by atoms with van der Waals surface area (Å²) < 4.78 is 35.1. The second-order valence-electron chi connectivity index (χ2n) is 9.04. The summed E-state index contributed by atoms with van der Waals surface area (Å²) in [6, 6.07) is 2.37. The zero-order chi connectivity index (χ0) is 23.4. The van der Waals surface area contributed by atoms with Crippen LogP contribution in [-0.4, -0.2) is 93.4 Å². The third kappa shape index (κ3) is 5.92. The third-order valence-corrected chi connectivity index (χ3v) is 6.64. The Kier molecular flexibility index (Phi) is 7.64. The van der Waals surface area contributed by atoms with Crippen LogP contribution >= 0.6 is 0 Å². The fourth-order valence-electron chi connectivity index (χ4n) is 4.77. The highest BCUT2D eigenvalue weighted by atomic mass is 19.1. The molecule has 3 saturated heterocycles. The number of likely N-dealkylation sites (tertiary alicyclic amines) is 1. The van der Waals surface area contributed by atoms with Crippen LogP contribution in [-0.2, 0) is 9.53 Å². The molecule has 2 amide bonds. The van der Waals surface area contributed by atoms with Crippen LogP contribution in [0, 0.1) is 11.6 Å². The molecule has 1 atom stereocenters.